The molecular formula is C19H25ClN4O. The predicted octanol–water partition coefficient (Wildman–Crippen LogP) is 4.39. The van der Waals surface area contributed by atoms with E-state index in [-0.39, 0.29) is 11.3 Å². The predicted molar refractivity (Wildman–Crippen MR) is 103 cm³/mol. The molecule has 5 nitrogen and oxygen atoms in total. The van der Waals surface area contributed by atoms with Gasteiger partial charge in [0.25, 0.3) is 0 Å². The minimum absolute atomic E-state index is 0.0531. The number of hydrazine groups is 1. The van der Waals surface area contributed by atoms with Crippen molar-refractivity contribution in [3.63, 3.8) is 0 Å². The lowest BCUT2D eigenvalue weighted by atomic mass is 9.87. The molecule has 0 atom stereocenters. The number of hydrogen-bond donors (Lipinski definition) is 0. The van der Waals surface area contributed by atoms with Gasteiger partial charge < -0.3 is 0 Å². The van der Waals surface area contributed by atoms with Crippen molar-refractivity contribution in [3.8, 4) is 0 Å². The third-order valence-electron chi connectivity index (χ3n) is 4.06. The molecule has 0 saturated carbocycles. The van der Waals surface area contributed by atoms with Crippen molar-refractivity contribution >= 4 is 29.0 Å². The number of carbonyl (C=O) groups is 1. The van der Waals surface area contributed by atoms with Gasteiger partial charge >= 0.3 is 0 Å². The third kappa shape index (κ3) is 4.10. The van der Waals surface area contributed by atoms with E-state index in [1.807, 2.05) is 31.2 Å². The summed E-state index contributed by atoms with van der Waals surface area (Å²) in [6.07, 6.45) is 2.17. The molecule has 0 bridgehead atoms. The molecule has 0 spiro atoms. The number of rotatable bonds is 4. The SMILES string of the molecule is CCc1ncnc(N(C)N(C(C)=O)c2ccc(C(C)(C)C)cc2)c1Cl. The number of nitrogens with zero attached hydrogens (tertiary/aromatic N) is 4. The number of hydrogen-bond acceptors (Lipinski definition) is 4. The Morgan fingerprint density at radius 1 is 1.16 bits per heavy atom. The first-order chi connectivity index (χ1) is 11.7. The number of aryl methyl sites for hydroxylation is 1. The van der Waals surface area contributed by atoms with E-state index in [0.29, 0.717) is 17.3 Å². The maximum atomic E-state index is 12.3. The molecule has 0 N–H and O–H groups in total. The lowest BCUT2D eigenvalue weighted by Gasteiger charge is -2.33. The van der Waals surface area contributed by atoms with Gasteiger partial charge in [-0.3, -0.25) is 9.80 Å². The molecule has 134 valence electrons. The molecule has 0 aliphatic heterocycles. The maximum Gasteiger partial charge on any atom is 0.242 e. The van der Waals surface area contributed by atoms with Gasteiger partial charge in [0.15, 0.2) is 5.82 Å². The van der Waals surface area contributed by atoms with Crippen LogP contribution in [0.25, 0.3) is 0 Å². The Hall–Kier alpha value is -2.14. The molecule has 1 aromatic heterocycles. The van der Waals surface area contributed by atoms with Crippen molar-refractivity contribution in [3.05, 3.63) is 46.9 Å². The summed E-state index contributed by atoms with van der Waals surface area (Å²) < 4.78 is 0. The van der Waals surface area contributed by atoms with E-state index in [2.05, 4.69) is 30.7 Å². The highest BCUT2D eigenvalue weighted by Crippen LogP contribution is 2.30. The second kappa shape index (κ2) is 7.40. The van der Waals surface area contributed by atoms with Crippen molar-refractivity contribution in [2.24, 2.45) is 0 Å². The zero-order chi connectivity index (χ0) is 18.8. The Labute approximate surface area is 154 Å². The zero-order valence-corrected chi connectivity index (χ0v) is 16.4. The van der Waals surface area contributed by atoms with Crippen LogP contribution in [0.4, 0.5) is 11.5 Å². The van der Waals surface area contributed by atoms with Gasteiger partial charge in [0.2, 0.25) is 5.91 Å². The fourth-order valence-electron chi connectivity index (χ4n) is 2.63. The van der Waals surface area contributed by atoms with E-state index in [1.165, 1.54) is 18.8 Å². The number of benzene rings is 1. The third-order valence-corrected chi connectivity index (χ3v) is 4.45. The summed E-state index contributed by atoms with van der Waals surface area (Å²) in [6.45, 7) is 9.97. The summed E-state index contributed by atoms with van der Waals surface area (Å²) in [6, 6.07) is 7.96. The standard InChI is InChI=1S/C19H25ClN4O/c1-7-16-17(20)18(22-12-21-16)23(6)24(13(2)25)15-10-8-14(9-11-15)19(3,4)5/h8-12H,7H2,1-6H3. The Morgan fingerprint density at radius 3 is 2.24 bits per heavy atom. The second-order valence-electron chi connectivity index (χ2n) is 6.96. The van der Waals surface area contributed by atoms with Crippen LogP contribution in [0.3, 0.4) is 0 Å². The minimum atomic E-state index is -0.126. The molecule has 0 aliphatic rings. The maximum absolute atomic E-state index is 12.3. The van der Waals surface area contributed by atoms with E-state index in [4.69, 9.17) is 11.6 Å². The average molecular weight is 361 g/mol. The van der Waals surface area contributed by atoms with E-state index < -0.39 is 0 Å². The number of anilines is 2. The summed E-state index contributed by atoms with van der Waals surface area (Å²) >= 11 is 6.42. The molecule has 0 unspecified atom stereocenters. The monoisotopic (exact) mass is 360 g/mol. The van der Waals surface area contributed by atoms with Crippen LogP contribution < -0.4 is 10.0 Å². The van der Waals surface area contributed by atoms with Gasteiger partial charge in [-0.15, -0.1) is 0 Å². The Morgan fingerprint density at radius 2 is 1.76 bits per heavy atom. The minimum Gasteiger partial charge on any atom is -0.273 e. The van der Waals surface area contributed by atoms with Crippen LogP contribution in [0.1, 0.15) is 45.9 Å². The van der Waals surface area contributed by atoms with Crippen molar-refractivity contribution < 1.29 is 4.79 Å². The van der Waals surface area contributed by atoms with Crippen LogP contribution >= 0.6 is 11.6 Å². The first-order valence-electron chi connectivity index (χ1n) is 8.31. The highest BCUT2D eigenvalue weighted by molar-refractivity contribution is 6.33. The van der Waals surface area contributed by atoms with Gasteiger partial charge in [-0.05, 0) is 29.5 Å². The Bertz CT molecular complexity index is 753. The average Bonchev–Trinajstić information content (AvgIpc) is 2.54. The molecule has 2 rings (SSSR count). The summed E-state index contributed by atoms with van der Waals surface area (Å²) in [5.74, 6) is 0.377. The molecule has 0 aliphatic carbocycles. The van der Waals surface area contributed by atoms with Crippen molar-refractivity contribution in [2.45, 2.75) is 46.5 Å². The molecule has 0 fully saturated rings. The molecule has 6 heteroatoms. The second-order valence-corrected chi connectivity index (χ2v) is 7.34. The zero-order valence-electron chi connectivity index (χ0n) is 15.7. The smallest absolute Gasteiger partial charge is 0.242 e. The summed E-state index contributed by atoms with van der Waals surface area (Å²) in [5.41, 5.74) is 2.77. The molecule has 25 heavy (non-hydrogen) atoms. The lowest BCUT2D eigenvalue weighted by Crippen LogP contribution is -2.44. The molecule has 0 saturated heterocycles. The van der Waals surface area contributed by atoms with E-state index in [1.54, 1.807) is 17.1 Å². The highest BCUT2D eigenvalue weighted by atomic mass is 35.5. The largest absolute Gasteiger partial charge is 0.273 e. The normalized spacial score (nSPS) is 11.3. The quantitative estimate of drug-likeness (QED) is 0.758. The number of amides is 1. The fourth-order valence-corrected chi connectivity index (χ4v) is 2.98. The molecular weight excluding hydrogens is 336 g/mol. The molecule has 1 aromatic carbocycles. The van der Waals surface area contributed by atoms with E-state index >= 15 is 0 Å². The van der Waals surface area contributed by atoms with Crippen LogP contribution in [0.15, 0.2) is 30.6 Å². The van der Waals surface area contributed by atoms with Gasteiger partial charge in [-0.2, -0.15) is 0 Å². The van der Waals surface area contributed by atoms with Crippen molar-refractivity contribution in [1.82, 2.24) is 9.97 Å². The molecule has 1 heterocycles. The topological polar surface area (TPSA) is 49.3 Å². The van der Waals surface area contributed by atoms with E-state index in [0.717, 1.165) is 11.4 Å². The Balaban J connectivity index is 2.43. The summed E-state index contributed by atoms with van der Waals surface area (Å²) in [5, 5.41) is 3.68. The van der Waals surface area contributed by atoms with Crippen LogP contribution in [0, 0.1) is 0 Å². The fraction of sp³-hybridized carbons (Fsp3) is 0.421. The first-order valence-corrected chi connectivity index (χ1v) is 8.68. The van der Waals surface area contributed by atoms with E-state index in [9.17, 15) is 4.79 Å². The van der Waals surface area contributed by atoms with Gasteiger partial charge in [-0.1, -0.05) is 51.4 Å². The first kappa shape index (κ1) is 19.2. The van der Waals surface area contributed by atoms with Gasteiger partial charge in [0.05, 0.1) is 11.4 Å². The van der Waals surface area contributed by atoms with Gasteiger partial charge in [-0.25, -0.2) is 15.0 Å². The molecule has 2 aromatic rings. The Kier molecular flexibility index (Phi) is 5.68. The van der Waals surface area contributed by atoms with Crippen molar-refractivity contribution in [2.75, 3.05) is 17.1 Å². The highest BCUT2D eigenvalue weighted by Gasteiger charge is 2.23. The van der Waals surface area contributed by atoms with Gasteiger partial charge in [0, 0.05) is 14.0 Å². The van der Waals surface area contributed by atoms with Crippen LogP contribution in [-0.4, -0.2) is 22.9 Å². The number of aromatic nitrogens is 2. The lowest BCUT2D eigenvalue weighted by molar-refractivity contribution is -0.116. The number of halogens is 1. The van der Waals surface area contributed by atoms with Crippen LogP contribution in [0.5, 0.6) is 0 Å². The van der Waals surface area contributed by atoms with Crippen molar-refractivity contribution in [1.29, 1.82) is 0 Å². The summed E-state index contributed by atoms with van der Waals surface area (Å²) in [7, 11) is 1.77. The van der Waals surface area contributed by atoms with Crippen LogP contribution in [-0.2, 0) is 16.6 Å². The molecule has 1 amide bonds. The molecule has 0 radical (unpaired) electrons. The summed E-state index contributed by atoms with van der Waals surface area (Å²) in [4.78, 5) is 20.7. The van der Waals surface area contributed by atoms with Gasteiger partial charge in [0.1, 0.15) is 11.3 Å². The number of carbonyl (C=O) groups excluding carboxylic acids is 1. The van der Waals surface area contributed by atoms with Crippen LogP contribution in [0.2, 0.25) is 5.02 Å².